The highest BCUT2D eigenvalue weighted by Crippen LogP contribution is 2.18. The van der Waals surface area contributed by atoms with Gasteiger partial charge in [0.25, 0.3) is 0 Å². The summed E-state index contributed by atoms with van der Waals surface area (Å²) in [6.45, 7) is 4.13. The smallest absolute Gasteiger partial charge is 0.191 e. The van der Waals surface area contributed by atoms with Gasteiger partial charge in [-0.1, -0.05) is 18.2 Å². The molecular weight excluding hydrogens is 323 g/mol. The Hall–Kier alpha value is -1.92. The van der Waals surface area contributed by atoms with E-state index in [1.165, 1.54) is 10.9 Å². The van der Waals surface area contributed by atoms with Gasteiger partial charge in [-0.2, -0.15) is 0 Å². The van der Waals surface area contributed by atoms with E-state index in [1.807, 2.05) is 33.2 Å². The van der Waals surface area contributed by atoms with E-state index >= 15 is 0 Å². The van der Waals surface area contributed by atoms with E-state index in [0.29, 0.717) is 13.1 Å². The molecule has 1 heterocycles. The lowest BCUT2D eigenvalue weighted by Crippen LogP contribution is -2.41. The van der Waals surface area contributed by atoms with Crippen LogP contribution in [0.2, 0.25) is 0 Å². The van der Waals surface area contributed by atoms with Crippen molar-refractivity contribution < 1.29 is 4.39 Å². The normalized spacial score (nSPS) is 13.1. The molecule has 0 aliphatic rings. The number of guanidine groups is 1. The van der Waals surface area contributed by atoms with Crippen molar-refractivity contribution in [3.8, 4) is 0 Å². The van der Waals surface area contributed by atoms with Gasteiger partial charge in [-0.25, -0.2) is 9.38 Å². The molecule has 1 aromatic heterocycles. The van der Waals surface area contributed by atoms with Crippen LogP contribution in [0.3, 0.4) is 0 Å². The summed E-state index contributed by atoms with van der Waals surface area (Å²) in [6, 6.07) is 10.9. The first-order chi connectivity index (χ1) is 11.6. The Morgan fingerprint density at radius 2 is 2.08 bits per heavy atom. The monoisotopic (exact) mass is 348 g/mol. The second kappa shape index (κ2) is 9.39. The third-order valence-electron chi connectivity index (χ3n) is 3.64. The first-order valence-corrected chi connectivity index (χ1v) is 8.94. The molecule has 24 heavy (non-hydrogen) atoms. The zero-order chi connectivity index (χ0) is 17.4. The first kappa shape index (κ1) is 18.4. The summed E-state index contributed by atoms with van der Waals surface area (Å²) < 4.78 is 13.5. The molecule has 0 amide bonds. The summed E-state index contributed by atoms with van der Waals surface area (Å²) in [5, 5.41) is 8.67. The fourth-order valence-corrected chi connectivity index (χ4v) is 3.04. The molecule has 1 aromatic carbocycles. The summed E-state index contributed by atoms with van der Waals surface area (Å²) in [5.41, 5.74) is 0.946. The van der Waals surface area contributed by atoms with E-state index in [2.05, 4.69) is 32.0 Å². The molecule has 2 aromatic rings. The van der Waals surface area contributed by atoms with Crippen LogP contribution < -0.4 is 10.6 Å². The number of likely N-dealkylation sites (N-methyl/N-ethyl adjacent to an activating group) is 1. The Labute approximate surface area is 147 Å². The lowest BCUT2D eigenvalue weighted by atomic mass is 10.1. The van der Waals surface area contributed by atoms with Crippen LogP contribution in [0.1, 0.15) is 23.4 Å². The van der Waals surface area contributed by atoms with Gasteiger partial charge in [-0.15, -0.1) is 11.3 Å². The predicted octanol–water partition coefficient (Wildman–Crippen LogP) is 3.25. The number of nitrogens with zero attached hydrogens (tertiary/aromatic N) is 2. The lowest BCUT2D eigenvalue weighted by Gasteiger charge is -2.26. The van der Waals surface area contributed by atoms with E-state index in [1.54, 1.807) is 23.5 Å². The second-order valence-corrected chi connectivity index (χ2v) is 6.72. The maximum absolute atomic E-state index is 13.5. The van der Waals surface area contributed by atoms with Gasteiger partial charge in [0.2, 0.25) is 0 Å². The van der Waals surface area contributed by atoms with Crippen LogP contribution in [0, 0.1) is 5.82 Å². The van der Waals surface area contributed by atoms with Crippen LogP contribution >= 0.6 is 11.3 Å². The molecule has 0 bridgehead atoms. The molecule has 0 aliphatic heterocycles. The van der Waals surface area contributed by atoms with Crippen molar-refractivity contribution in [1.82, 2.24) is 15.5 Å². The largest absolute Gasteiger partial charge is 0.357 e. The van der Waals surface area contributed by atoms with Crippen molar-refractivity contribution in [2.75, 3.05) is 27.2 Å². The number of hydrogen-bond donors (Lipinski definition) is 2. The third kappa shape index (κ3) is 5.62. The van der Waals surface area contributed by atoms with Crippen LogP contribution in [0.15, 0.2) is 46.8 Å². The SMILES string of the molecule is CCNC(=NCc1cccs1)NCC(c1cccc(F)c1)N(C)C. The highest BCUT2D eigenvalue weighted by Gasteiger charge is 2.15. The number of halogens is 1. The average Bonchev–Trinajstić information content (AvgIpc) is 3.06. The highest BCUT2D eigenvalue weighted by molar-refractivity contribution is 7.09. The number of thiophene rings is 1. The molecule has 6 heteroatoms. The van der Waals surface area contributed by atoms with Crippen LogP contribution in [0.4, 0.5) is 4.39 Å². The molecule has 1 atom stereocenters. The van der Waals surface area contributed by atoms with E-state index in [-0.39, 0.29) is 11.9 Å². The Morgan fingerprint density at radius 1 is 1.25 bits per heavy atom. The summed E-state index contributed by atoms with van der Waals surface area (Å²) in [6.07, 6.45) is 0. The molecule has 4 nitrogen and oxygen atoms in total. The fraction of sp³-hybridized carbons (Fsp3) is 0.389. The molecule has 0 radical (unpaired) electrons. The van der Waals surface area contributed by atoms with Crippen molar-refractivity contribution in [2.24, 2.45) is 4.99 Å². The van der Waals surface area contributed by atoms with Crippen LogP contribution in [-0.2, 0) is 6.54 Å². The van der Waals surface area contributed by atoms with Gasteiger partial charge in [0, 0.05) is 18.0 Å². The van der Waals surface area contributed by atoms with Crippen molar-refractivity contribution in [3.63, 3.8) is 0 Å². The first-order valence-electron chi connectivity index (χ1n) is 8.06. The molecular formula is C18H25FN4S. The minimum Gasteiger partial charge on any atom is -0.357 e. The molecule has 0 saturated carbocycles. The van der Waals surface area contributed by atoms with Crippen molar-refractivity contribution in [1.29, 1.82) is 0 Å². The molecule has 2 rings (SSSR count). The summed E-state index contributed by atoms with van der Waals surface area (Å²) in [5.74, 6) is 0.562. The Kier molecular flexibility index (Phi) is 7.21. The predicted molar refractivity (Wildman–Crippen MR) is 100.0 cm³/mol. The summed E-state index contributed by atoms with van der Waals surface area (Å²) >= 11 is 1.70. The Balaban J connectivity index is 2.03. The standard InChI is InChI=1S/C18H25FN4S/c1-4-20-18(21-12-16-9-6-10-24-16)22-13-17(23(2)3)14-7-5-8-15(19)11-14/h5-11,17H,4,12-13H2,1-3H3,(H2,20,21,22). The minimum absolute atomic E-state index is 0.0614. The zero-order valence-corrected chi connectivity index (χ0v) is 15.2. The topological polar surface area (TPSA) is 39.7 Å². The third-order valence-corrected chi connectivity index (χ3v) is 4.50. The van der Waals surface area contributed by atoms with E-state index in [4.69, 9.17) is 0 Å². The second-order valence-electron chi connectivity index (χ2n) is 5.69. The van der Waals surface area contributed by atoms with E-state index in [9.17, 15) is 4.39 Å². The Morgan fingerprint density at radius 3 is 2.71 bits per heavy atom. The molecule has 0 aliphatic carbocycles. The Bertz CT molecular complexity index is 640. The van der Waals surface area contributed by atoms with Gasteiger partial charge < -0.3 is 15.5 Å². The van der Waals surface area contributed by atoms with Crippen molar-refractivity contribution in [3.05, 3.63) is 58.0 Å². The van der Waals surface area contributed by atoms with Crippen LogP contribution in [0.25, 0.3) is 0 Å². The molecule has 0 fully saturated rings. The number of rotatable bonds is 7. The average molecular weight is 348 g/mol. The fourth-order valence-electron chi connectivity index (χ4n) is 2.41. The molecule has 2 N–H and O–H groups in total. The minimum atomic E-state index is -0.211. The number of benzene rings is 1. The summed E-state index contributed by atoms with van der Waals surface area (Å²) in [4.78, 5) is 7.91. The molecule has 0 saturated heterocycles. The number of aliphatic imine (C=N–C) groups is 1. The molecule has 130 valence electrons. The lowest BCUT2D eigenvalue weighted by molar-refractivity contribution is 0.297. The van der Waals surface area contributed by atoms with Crippen molar-refractivity contribution >= 4 is 17.3 Å². The van der Waals surface area contributed by atoms with Gasteiger partial charge in [0.05, 0.1) is 12.6 Å². The van der Waals surface area contributed by atoms with E-state index in [0.717, 1.165) is 18.1 Å². The van der Waals surface area contributed by atoms with Crippen LogP contribution in [-0.4, -0.2) is 38.0 Å². The number of hydrogen-bond acceptors (Lipinski definition) is 3. The van der Waals surface area contributed by atoms with Gasteiger partial charge in [0.15, 0.2) is 5.96 Å². The quantitative estimate of drug-likeness (QED) is 0.596. The highest BCUT2D eigenvalue weighted by atomic mass is 32.1. The molecule has 1 unspecified atom stereocenters. The van der Waals surface area contributed by atoms with E-state index < -0.39 is 0 Å². The molecule has 0 spiro atoms. The number of nitrogens with one attached hydrogen (secondary N) is 2. The van der Waals surface area contributed by atoms with Gasteiger partial charge in [-0.05, 0) is 50.2 Å². The maximum Gasteiger partial charge on any atom is 0.191 e. The van der Waals surface area contributed by atoms with Gasteiger partial charge in [0.1, 0.15) is 5.82 Å². The zero-order valence-electron chi connectivity index (χ0n) is 14.4. The van der Waals surface area contributed by atoms with Gasteiger partial charge in [-0.3, -0.25) is 0 Å². The van der Waals surface area contributed by atoms with Gasteiger partial charge >= 0.3 is 0 Å². The maximum atomic E-state index is 13.5. The van der Waals surface area contributed by atoms with Crippen molar-refractivity contribution in [2.45, 2.75) is 19.5 Å². The van der Waals surface area contributed by atoms with Crippen LogP contribution in [0.5, 0.6) is 0 Å². The summed E-state index contributed by atoms with van der Waals surface area (Å²) in [7, 11) is 3.99.